The van der Waals surface area contributed by atoms with E-state index in [0.29, 0.717) is 10.9 Å². The van der Waals surface area contributed by atoms with Crippen LogP contribution in [0.5, 0.6) is 0 Å². The number of hydrogen-bond acceptors (Lipinski definition) is 7. The van der Waals surface area contributed by atoms with Crippen molar-refractivity contribution in [1.29, 1.82) is 0 Å². The van der Waals surface area contributed by atoms with Crippen molar-refractivity contribution >= 4 is 55.6 Å². The Balaban J connectivity index is 0.00000176. The normalized spacial score (nSPS) is 10.6. The molecule has 0 radical (unpaired) electrons. The Morgan fingerprint density at radius 1 is 1.36 bits per heavy atom. The summed E-state index contributed by atoms with van der Waals surface area (Å²) in [7, 11) is 0. The maximum absolute atomic E-state index is 12.0. The van der Waals surface area contributed by atoms with Crippen molar-refractivity contribution < 1.29 is 26.5 Å². The molecule has 2 heterocycles. The molecule has 1 aromatic carbocycles. The standard InChI is InChI=1S/C13H12N4OS3.BrH/c1-8-16-17(12(14)20-8)6-9(18)7-19-13-15-10-4-2-3-5-11(10)21-13;/h2-5,14H,6-7H2,1H3;1H. The molecule has 0 saturated heterocycles. The number of fused-ring (bicyclic) bond motifs is 1. The van der Waals surface area contributed by atoms with Crippen molar-refractivity contribution in [2.75, 3.05) is 11.5 Å². The van der Waals surface area contributed by atoms with Gasteiger partial charge < -0.3 is 17.0 Å². The first-order valence-electron chi connectivity index (χ1n) is 6.25. The first kappa shape index (κ1) is 17.3. The fraction of sp³-hybridized carbons (Fsp3) is 0.231. The highest BCUT2D eigenvalue weighted by atomic mass is 79.9. The highest BCUT2D eigenvalue weighted by Gasteiger charge is 2.16. The average Bonchev–Trinajstić information content (AvgIpc) is 2.99. The van der Waals surface area contributed by atoms with E-state index in [1.165, 1.54) is 23.1 Å². The summed E-state index contributed by atoms with van der Waals surface area (Å²) >= 11 is 4.46. The van der Waals surface area contributed by atoms with Crippen LogP contribution in [0, 0.1) is 6.92 Å². The molecule has 0 saturated carbocycles. The van der Waals surface area contributed by atoms with Crippen molar-refractivity contribution in [2.45, 2.75) is 17.8 Å². The third-order valence-electron chi connectivity index (χ3n) is 2.73. The number of carbonyl (C=O) groups excluding carboxylic acids is 1. The van der Waals surface area contributed by atoms with Crippen molar-refractivity contribution in [2.24, 2.45) is 0 Å². The number of nitrogen functional groups attached to an aromatic ring is 1. The van der Waals surface area contributed by atoms with Gasteiger partial charge in [-0.1, -0.05) is 29.0 Å². The number of anilines is 1. The number of benzene rings is 1. The Bertz CT molecular complexity index is 769. The molecule has 3 rings (SSSR count). The molecule has 0 aliphatic rings. The number of nitrogens with two attached hydrogens (primary N) is 1. The number of rotatable bonds is 5. The van der Waals surface area contributed by atoms with E-state index < -0.39 is 0 Å². The monoisotopic (exact) mass is 416 g/mol. The van der Waals surface area contributed by atoms with Crippen molar-refractivity contribution in [3.8, 4) is 0 Å². The summed E-state index contributed by atoms with van der Waals surface area (Å²) in [5.41, 5.74) is 6.78. The van der Waals surface area contributed by atoms with Crippen LogP contribution in [0.25, 0.3) is 10.2 Å². The highest BCUT2D eigenvalue weighted by Crippen LogP contribution is 2.29. The summed E-state index contributed by atoms with van der Waals surface area (Å²) in [4.78, 5) is 16.5. The molecular weight excluding hydrogens is 404 g/mol. The number of aromatic nitrogens is 3. The van der Waals surface area contributed by atoms with Gasteiger partial charge >= 0.3 is 5.13 Å². The predicted octanol–water partition coefficient (Wildman–Crippen LogP) is -0.704. The molecule has 5 nitrogen and oxygen atoms in total. The fourth-order valence-electron chi connectivity index (χ4n) is 1.82. The lowest BCUT2D eigenvalue weighted by Gasteiger charge is -1.96. The number of hydrogen-bond donors (Lipinski definition) is 1. The largest absolute Gasteiger partial charge is 1.00 e. The maximum Gasteiger partial charge on any atom is 0.354 e. The van der Waals surface area contributed by atoms with Gasteiger partial charge in [0.1, 0.15) is 5.01 Å². The number of aryl methyl sites for hydroxylation is 1. The van der Waals surface area contributed by atoms with Gasteiger partial charge in [0.2, 0.25) is 0 Å². The molecule has 0 bridgehead atoms. The number of halogens is 1. The average molecular weight is 417 g/mol. The molecule has 0 aliphatic carbocycles. The van der Waals surface area contributed by atoms with Crippen molar-refractivity contribution in [3.63, 3.8) is 0 Å². The SMILES string of the molecule is Cc1n[n+](CC(=O)CSc2nc3ccccc3s2)c(N)s1.[Br-]. The van der Waals surface area contributed by atoms with Crippen LogP contribution in [0.3, 0.4) is 0 Å². The van der Waals surface area contributed by atoms with Crippen LogP contribution in [0.1, 0.15) is 5.01 Å². The number of thiazole rings is 1. The van der Waals surface area contributed by atoms with Gasteiger partial charge in [-0.2, -0.15) is 0 Å². The molecule has 0 amide bonds. The summed E-state index contributed by atoms with van der Waals surface area (Å²) in [5, 5.41) is 5.63. The number of thioether (sulfide) groups is 1. The number of Topliss-reactive ketones (excluding diaryl/α,β-unsaturated/α-hetero) is 1. The zero-order chi connectivity index (χ0) is 14.8. The van der Waals surface area contributed by atoms with E-state index in [2.05, 4.69) is 10.1 Å². The molecule has 3 aromatic rings. The van der Waals surface area contributed by atoms with Crippen molar-refractivity contribution in [1.82, 2.24) is 10.1 Å². The van der Waals surface area contributed by atoms with Crippen molar-refractivity contribution in [3.05, 3.63) is 29.3 Å². The number of para-hydroxylation sites is 1. The Kier molecular flexibility index (Phi) is 5.90. The first-order chi connectivity index (χ1) is 10.1. The summed E-state index contributed by atoms with van der Waals surface area (Å²) in [6, 6.07) is 7.97. The summed E-state index contributed by atoms with van der Waals surface area (Å²) in [6.07, 6.45) is 0. The molecule has 9 heteroatoms. The van der Waals surface area contributed by atoms with Crippen LogP contribution in [0.2, 0.25) is 0 Å². The van der Waals surface area contributed by atoms with E-state index >= 15 is 0 Å². The second-order valence-electron chi connectivity index (χ2n) is 4.39. The van der Waals surface area contributed by atoms with Crippen LogP contribution in [0.15, 0.2) is 28.6 Å². The molecule has 0 atom stereocenters. The smallest absolute Gasteiger partial charge is 0.354 e. The quantitative estimate of drug-likeness (QED) is 0.439. The molecule has 0 spiro atoms. The number of ketones is 1. The van der Waals surface area contributed by atoms with Gasteiger partial charge in [-0.3, -0.25) is 10.5 Å². The minimum Gasteiger partial charge on any atom is -1.00 e. The maximum atomic E-state index is 12.0. The van der Waals surface area contributed by atoms with Gasteiger partial charge in [-0.25, -0.2) is 4.98 Å². The molecule has 2 N–H and O–H groups in total. The zero-order valence-electron chi connectivity index (χ0n) is 11.7. The second kappa shape index (κ2) is 7.49. The lowest BCUT2D eigenvalue weighted by molar-refractivity contribution is -0.724. The van der Waals surface area contributed by atoms with Crippen LogP contribution in [-0.2, 0) is 11.3 Å². The summed E-state index contributed by atoms with van der Waals surface area (Å²) in [6.45, 7) is 2.09. The molecule has 0 aliphatic heterocycles. The Labute approximate surface area is 150 Å². The van der Waals surface area contributed by atoms with Gasteiger partial charge in [-0.15, -0.1) is 16.0 Å². The van der Waals surface area contributed by atoms with E-state index in [0.717, 1.165) is 19.6 Å². The highest BCUT2D eigenvalue weighted by molar-refractivity contribution is 8.01. The molecular formula is C13H13BrN4OS3. The minimum atomic E-state index is 0. The molecule has 116 valence electrons. The van der Waals surface area contributed by atoms with Gasteiger partial charge in [0.15, 0.2) is 16.7 Å². The lowest BCUT2D eigenvalue weighted by atomic mass is 10.3. The summed E-state index contributed by atoms with van der Waals surface area (Å²) < 4.78 is 3.61. The van der Waals surface area contributed by atoms with E-state index in [9.17, 15) is 4.79 Å². The lowest BCUT2D eigenvalue weighted by Crippen LogP contribution is -3.00. The van der Waals surface area contributed by atoms with Gasteiger partial charge in [0.05, 0.1) is 16.0 Å². The summed E-state index contributed by atoms with van der Waals surface area (Å²) in [5.74, 6) is 0.462. The number of carbonyl (C=O) groups is 1. The topological polar surface area (TPSA) is 72.8 Å². The molecule has 22 heavy (non-hydrogen) atoms. The van der Waals surface area contributed by atoms with Gasteiger partial charge in [-0.05, 0) is 30.4 Å². The minimum absolute atomic E-state index is 0. The van der Waals surface area contributed by atoms with Crippen LogP contribution in [-0.4, -0.2) is 21.6 Å². The Morgan fingerprint density at radius 2 is 2.14 bits per heavy atom. The van der Waals surface area contributed by atoms with E-state index in [-0.39, 0.29) is 29.3 Å². The van der Waals surface area contributed by atoms with Gasteiger partial charge in [0, 0.05) is 0 Å². The predicted molar refractivity (Wildman–Crippen MR) is 86.8 cm³/mol. The van der Waals surface area contributed by atoms with Crippen LogP contribution < -0.4 is 27.4 Å². The Hall–Kier alpha value is -1.03. The Morgan fingerprint density at radius 3 is 2.82 bits per heavy atom. The first-order valence-corrected chi connectivity index (χ1v) is 8.87. The van der Waals surface area contributed by atoms with E-state index in [1.54, 1.807) is 16.0 Å². The fourth-order valence-corrected chi connectivity index (χ4v) is 4.39. The van der Waals surface area contributed by atoms with Crippen LogP contribution in [0.4, 0.5) is 5.13 Å². The molecule has 2 aromatic heterocycles. The third kappa shape index (κ3) is 4.03. The molecule has 0 fully saturated rings. The third-order valence-corrected chi connectivity index (χ3v) is 5.76. The second-order valence-corrected chi connectivity index (χ2v) is 7.86. The van der Waals surface area contributed by atoms with Crippen LogP contribution >= 0.6 is 34.4 Å². The zero-order valence-corrected chi connectivity index (χ0v) is 15.7. The van der Waals surface area contributed by atoms with E-state index in [4.69, 9.17) is 5.73 Å². The number of nitrogens with zero attached hydrogens (tertiary/aromatic N) is 3. The molecule has 0 unspecified atom stereocenters. The van der Waals surface area contributed by atoms with Gasteiger partial charge in [0.25, 0.3) is 0 Å². The van der Waals surface area contributed by atoms with E-state index in [1.807, 2.05) is 31.2 Å².